The van der Waals surface area contributed by atoms with Crippen molar-refractivity contribution in [2.24, 2.45) is 0 Å². The molecule has 2 aromatic carbocycles. The predicted molar refractivity (Wildman–Crippen MR) is 129 cm³/mol. The van der Waals surface area contributed by atoms with Crippen LogP contribution in [0.15, 0.2) is 85.5 Å². The van der Waals surface area contributed by atoms with Gasteiger partial charge in [0, 0.05) is 33.6 Å². The van der Waals surface area contributed by atoms with Crippen LogP contribution in [-0.4, -0.2) is 26.7 Å². The van der Waals surface area contributed by atoms with Crippen molar-refractivity contribution in [3.05, 3.63) is 101 Å². The lowest BCUT2D eigenvalue weighted by Gasteiger charge is -2.08. The van der Waals surface area contributed by atoms with Gasteiger partial charge in [-0.1, -0.05) is 35.3 Å². The molecule has 0 unspecified atom stereocenters. The number of halogens is 2. The summed E-state index contributed by atoms with van der Waals surface area (Å²) >= 11 is 12.5. The Kier molecular flexibility index (Phi) is 6.69. The number of aryl methyl sites for hydroxylation is 1. The second-order valence-corrected chi connectivity index (χ2v) is 7.83. The van der Waals surface area contributed by atoms with Crippen LogP contribution in [0.2, 0.25) is 10.0 Å². The zero-order valence-electron chi connectivity index (χ0n) is 17.5. The molecule has 0 amide bonds. The molecule has 0 atom stereocenters. The highest BCUT2D eigenvalue weighted by Gasteiger charge is 2.16. The van der Waals surface area contributed by atoms with Crippen molar-refractivity contribution in [1.82, 2.24) is 19.6 Å². The van der Waals surface area contributed by atoms with E-state index in [1.165, 1.54) is 6.33 Å². The van der Waals surface area contributed by atoms with Gasteiger partial charge in [0.05, 0.1) is 24.0 Å². The minimum Gasteiger partial charge on any atom is -0.497 e. The van der Waals surface area contributed by atoms with Gasteiger partial charge in [-0.25, -0.2) is 14.5 Å². The number of methoxy groups -OCH3 is 1. The summed E-state index contributed by atoms with van der Waals surface area (Å²) in [5, 5.41) is 6.14. The van der Waals surface area contributed by atoms with Crippen LogP contribution in [0.4, 0.5) is 0 Å². The highest BCUT2D eigenvalue weighted by molar-refractivity contribution is 6.31. The summed E-state index contributed by atoms with van der Waals surface area (Å²) < 4.78 is 7.19. The van der Waals surface area contributed by atoms with Gasteiger partial charge in [0.1, 0.15) is 12.1 Å². The molecule has 0 saturated carbocycles. The number of benzene rings is 2. The molecule has 0 N–H and O–H groups in total. The third-order valence-corrected chi connectivity index (χ3v) is 5.34. The Balaban J connectivity index is 0.000000354. The second kappa shape index (κ2) is 9.81. The molecule has 5 nitrogen and oxygen atoms in total. The van der Waals surface area contributed by atoms with E-state index in [9.17, 15) is 0 Å². The fourth-order valence-corrected chi connectivity index (χ4v) is 3.75. The number of hydrogen-bond donors (Lipinski definition) is 0. The van der Waals surface area contributed by atoms with Gasteiger partial charge in [0.2, 0.25) is 0 Å². The van der Waals surface area contributed by atoms with Crippen LogP contribution in [0.3, 0.4) is 0 Å². The van der Waals surface area contributed by atoms with Crippen molar-refractivity contribution < 1.29 is 4.74 Å². The molecule has 5 rings (SSSR count). The van der Waals surface area contributed by atoms with Crippen molar-refractivity contribution in [1.29, 1.82) is 0 Å². The minimum absolute atomic E-state index is 0.665. The van der Waals surface area contributed by atoms with Crippen LogP contribution in [-0.2, 0) is 0 Å². The van der Waals surface area contributed by atoms with Crippen molar-refractivity contribution >= 4 is 28.7 Å². The van der Waals surface area contributed by atoms with Gasteiger partial charge in [-0.3, -0.25) is 0 Å². The number of aromatic nitrogens is 4. The van der Waals surface area contributed by atoms with Gasteiger partial charge in [-0.05, 0) is 67.1 Å². The van der Waals surface area contributed by atoms with Crippen LogP contribution in [0.25, 0.3) is 27.9 Å². The summed E-state index contributed by atoms with van der Waals surface area (Å²) in [7, 11) is 1.65. The van der Waals surface area contributed by atoms with Crippen molar-refractivity contribution in [3.63, 3.8) is 0 Å². The normalized spacial score (nSPS) is 10.5. The van der Waals surface area contributed by atoms with Gasteiger partial charge >= 0.3 is 0 Å². The maximum absolute atomic E-state index is 6.44. The number of fused-ring (bicyclic) bond motifs is 1. The minimum atomic E-state index is 0.665. The second-order valence-electron chi connectivity index (χ2n) is 6.96. The highest BCUT2D eigenvalue weighted by atomic mass is 35.5. The topological polar surface area (TPSA) is 52.3 Å². The Morgan fingerprint density at radius 2 is 1.47 bits per heavy atom. The third kappa shape index (κ3) is 4.74. The number of ether oxygens (including phenoxy) is 1. The smallest absolute Gasteiger partial charge is 0.118 e. The third-order valence-electron chi connectivity index (χ3n) is 4.87. The summed E-state index contributed by atoms with van der Waals surface area (Å²) in [6, 6.07) is 21.3. The Labute approximate surface area is 196 Å². The quantitative estimate of drug-likeness (QED) is 0.296. The molecule has 32 heavy (non-hydrogen) atoms. The molecule has 160 valence electrons. The lowest BCUT2D eigenvalue weighted by molar-refractivity contribution is 0.415. The lowest BCUT2D eigenvalue weighted by Crippen LogP contribution is -1.94. The predicted octanol–water partition coefficient (Wildman–Crippen LogP) is 6.77. The van der Waals surface area contributed by atoms with Gasteiger partial charge in [-0.2, -0.15) is 5.10 Å². The Morgan fingerprint density at radius 1 is 0.812 bits per heavy atom. The molecule has 0 aliphatic rings. The van der Waals surface area contributed by atoms with Crippen LogP contribution < -0.4 is 4.74 Å². The molecule has 3 heterocycles. The van der Waals surface area contributed by atoms with E-state index >= 15 is 0 Å². The van der Waals surface area contributed by atoms with E-state index in [-0.39, 0.29) is 0 Å². The average molecular weight is 463 g/mol. The summed E-state index contributed by atoms with van der Waals surface area (Å²) in [4.78, 5) is 7.35. The van der Waals surface area contributed by atoms with E-state index in [2.05, 4.69) is 9.97 Å². The molecule has 0 radical (unpaired) electrons. The monoisotopic (exact) mass is 462 g/mol. The average Bonchev–Trinajstić information content (AvgIpc) is 3.16. The summed E-state index contributed by atoms with van der Waals surface area (Å²) in [6.45, 7) is 2.00. The number of rotatable bonds is 3. The fourth-order valence-electron chi connectivity index (χ4n) is 3.42. The molecule has 7 heteroatoms. The summed E-state index contributed by atoms with van der Waals surface area (Å²) in [5.41, 5.74) is 5.96. The number of pyridine rings is 1. The summed E-state index contributed by atoms with van der Waals surface area (Å²) in [6.07, 6.45) is 4.88. The molecule has 3 aromatic heterocycles. The first-order chi connectivity index (χ1) is 15.6. The van der Waals surface area contributed by atoms with Gasteiger partial charge < -0.3 is 4.74 Å². The van der Waals surface area contributed by atoms with E-state index in [1.807, 2.05) is 72.1 Å². The first-order valence-corrected chi connectivity index (χ1v) is 10.6. The van der Waals surface area contributed by atoms with Crippen molar-refractivity contribution in [2.45, 2.75) is 6.92 Å². The molecule has 0 aliphatic carbocycles. The zero-order chi connectivity index (χ0) is 22.5. The van der Waals surface area contributed by atoms with Crippen LogP contribution in [0.5, 0.6) is 5.75 Å². The van der Waals surface area contributed by atoms with E-state index in [4.69, 9.17) is 33.0 Å². The molecule has 0 bridgehead atoms. The van der Waals surface area contributed by atoms with Crippen LogP contribution >= 0.6 is 23.2 Å². The SMILES string of the molecule is COc1ccc(-c2cc(Cl)cc3c(-c4ccc(Cl)cc4)c(C)nn23)cc1.c1cncnc1. The number of nitrogens with zero attached hydrogens (tertiary/aromatic N) is 4. The van der Waals surface area contributed by atoms with Crippen LogP contribution in [0, 0.1) is 6.92 Å². The fraction of sp³-hybridized carbons (Fsp3) is 0.0800. The molecular formula is C25H20Cl2N4O. The Bertz CT molecular complexity index is 1290. The van der Waals surface area contributed by atoms with Crippen molar-refractivity contribution in [3.8, 4) is 28.1 Å². The molecule has 0 spiro atoms. The maximum atomic E-state index is 6.44. The zero-order valence-corrected chi connectivity index (χ0v) is 19.0. The molecule has 0 saturated heterocycles. The van der Waals surface area contributed by atoms with E-state index in [0.717, 1.165) is 39.3 Å². The summed E-state index contributed by atoms with van der Waals surface area (Å²) in [5.74, 6) is 0.811. The van der Waals surface area contributed by atoms with Crippen molar-refractivity contribution in [2.75, 3.05) is 7.11 Å². The van der Waals surface area contributed by atoms with Gasteiger partial charge in [0.25, 0.3) is 0 Å². The Hall–Kier alpha value is -3.41. The number of hydrogen-bond acceptors (Lipinski definition) is 4. The first kappa shape index (κ1) is 21.8. The first-order valence-electron chi connectivity index (χ1n) is 9.86. The van der Waals surface area contributed by atoms with E-state index in [1.54, 1.807) is 25.6 Å². The highest BCUT2D eigenvalue weighted by Crippen LogP contribution is 2.34. The lowest BCUT2D eigenvalue weighted by atomic mass is 10.0. The van der Waals surface area contributed by atoms with Gasteiger partial charge in [0.15, 0.2) is 0 Å². The molecular weight excluding hydrogens is 443 g/mol. The molecule has 0 aliphatic heterocycles. The Morgan fingerprint density at radius 3 is 2.03 bits per heavy atom. The van der Waals surface area contributed by atoms with Crippen LogP contribution in [0.1, 0.15) is 5.69 Å². The van der Waals surface area contributed by atoms with E-state index < -0.39 is 0 Å². The van der Waals surface area contributed by atoms with Gasteiger partial charge in [-0.15, -0.1) is 0 Å². The molecule has 0 fully saturated rings. The van der Waals surface area contributed by atoms with E-state index in [0.29, 0.717) is 10.0 Å². The molecule has 5 aromatic rings. The largest absolute Gasteiger partial charge is 0.497 e. The standard InChI is InChI=1S/C21H16Cl2N2O.C4H4N2/c1-13-21(15-3-7-16(22)8-4-15)20-12-17(23)11-19(25(20)24-13)14-5-9-18(26-2)10-6-14;1-2-5-4-6-3-1/h3-12H,1-2H3;1-4H. The maximum Gasteiger partial charge on any atom is 0.118 e.